The van der Waals surface area contributed by atoms with Gasteiger partial charge in [-0.15, -0.1) is 11.3 Å². The summed E-state index contributed by atoms with van der Waals surface area (Å²) in [6.07, 6.45) is 0. The number of halogens is 1. The van der Waals surface area contributed by atoms with Gasteiger partial charge in [-0.3, -0.25) is 4.79 Å². The van der Waals surface area contributed by atoms with E-state index in [0.717, 1.165) is 30.0 Å². The molecule has 0 aliphatic carbocycles. The molecule has 0 aliphatic rings. The zero-order valence-electron chi connectivity index (χ0n) is 13.0. The Balaban J connectivity index is 2.07. The number of nitrogens with one attached hydrogen (secondary N) is 1. The first-order valence-electron chi connectivity index (χ1n) is 6.82. The van der Waals surface area contributed by atoms with Crippen LogP contribution in [0.2, 0.25) is 0 Å². The molecule has 1 aromatic heterocycles. The number of carbonyl (C=O) groups excluding carboxylic acids is 1. The van der Waals surface area contributed by atoms with Crippen LogP contribution in [0, 0.1) is 5.82 Å². The van der Waals surface area contributed by atoms with Crippen LogP contribution >= 0.6 is 11.3 Å². The number of carbonyl (C=O) groups is 1. The highest BCUT2D eigenvalue weighted by Gasteiger charge is 2.22. The monoisotopic (exact) mass is 356 g/mol. The van der Waals surface area contributed by atoms with Crippen molar-refractivity contribution in [3.05, 3.63) is 41.2 Å². The van der Waals surface area contributed by atoms with Crippen LogP contribution in [-0.4, -0.2) is 25.1 Å². The van der Waals surface area contributed by atoms with Gasteiger partial charge in [-0.05, 0) is 24.3 Å². The van der Waals surface area contributed by atoms with Crippen LogP contribution in [-0.2, 0) is 20.0 Å². The molecule has 8 heteroatoms. The minimum atomic E-state index is -3.82. The van der Waals surface area contributed by atoms with Crippen LogP contribution in [0.5, 0.6) is 0 Å². The standard InChI is InChI=1S/C15H17FN2O3S2/c1-15(2,3)12-8-22-14(17-12)18-13(19)9-23(20,21)11-6-4-10(16)5-7-11/h4-8H,9H2,1-3H3,(H,17,18,19). The molecule has 23 heavy (non-hydrogen) atoms. The van der Waals surface area contributed by atoms with E-state index < -0.39 is 27.3 Å². The van der Waals surface area contributed by atoms with Crippen LogP contribution in [0.1, 0.15) is 26.5 Å². The van der Waals surface area contributed by atoms with Crippen molar-refractivity contribution in [1.82, 2.24) is 4.98 Å². The lowest BCUT2D eigenvalue weighted by molar-refractivity contribution is -0.113. The Bertz CT molecular complexity index is 806. The summed E-state index contributed by atoms with van der Waals surface area (Å²) in [6, 6.07) is 4.36. The quantitative estimate of drug-likeness (QED) is 0.855. The summed E-state index contributed by atoms with van der Waals surface area (Å²) in [4.78, 5) is 16.1. The fourth-order valence-electron chi connectivity index (χ4n) is 1.73. The molecule has 1 amide bonds. The van der Waals surface area contributed by atoms with Crippen molar-refractivity contribution in [2.24, 2.45) is 0 Å². The molecule has 1 heterocycles. The predicted octanol–water partition coefficient (Wildman–Crippen LogP) is 2.99. The molecule has 2 aromatic rings. The Morgan fingerprint density at radius 1 is 1.26 bits per heavy atom. The topological polar surface area (TPSA) is 76.1 Å². The Kier molecular flexibility index (Phi) is 4.86. The molecule has 0 aliphatic heterocycles. The van der Waals surface area contributed by atoms with E-state index in [1.54, 1.807) is 0 Å². The summed E-state index contributed by atoms with van der Waals surface area (Å²) < 4.78 is 37.1. The van der Waals surface area contributed by atoms with Crippen molar-refractivity contribution in [2.45, 2.75) is 31.1 Å². The van der Waals surface area contributed by atoms with E-state index in [4.69, 9.17) is 0 Å². The summed E-state index contributed by atoms with van der Waals surface area (Å²) in [6.45, 7) is 5.98. The molecular formula is C15H17FN2O3S2. The predicted molar refractivity (Wildman–Crippen MR) is 87.9 cm³/mol. The Labute approximate surface area is 138 Å². The van der Waals surface area contributed by atoms with Gasteiger partial charge in [0.2, 0.25) is 5.91 Å². The second-order valence-corrected chi connectivity index (χ2v) is 8.90. The number of benzene rings is 1. The summed E-state index contributed by atoms with van der Waals surface area (Å²) in [7, 11) is -3.82. The van der Waals surface area contributed by atoms with Gasteiger partial charge in [-0.25, -0.2) is 17.8 Å². The number of thiazole rings is 1. The minimum Gasteiger partial charge on any atom is -0.301 e. The molecule has 5 nitrogen and oxygen atoms in total. The third-order valence-corrected chi connectivity index (χ3v) is 5.40. The molecule has 1 N–H and O–H groups in total. The van der Waals surface area contributed by atoms with Crippen LogP contribution in [0.3, 0.4) is 0 Å². The molecule has 0 saturated carbocycles. The van der Waals surface area contributed by atoms with Crippen molar-refractivity contribution in [1.29, 1.82) is 0 Å². The van der Waals surface area contributed by atoms with Gasteiger partial charge in [-0.2, -0.15) is 0 Å². The van der Waals surface area contributed by atoms with Crippen molar-refractivity contribution < 1.29 is 17.6 Å². The number of rotatable bonds is 4. The van der Waals surface area contributed by atoms with Crippen LogP contribution in [0.15, 0.2) is 34.5 Å². The maximum Gasteiger partial charge on any atom is 0.241 e. The maximum atomic E-state index is 12.8. The molecule has 0 saturated heterocycles. The van der Waals surface area contributed by atoms with Gasteiger partial charge in [0.1, 0.15) is 11.6 Å². The minimum absolute atomic E-state index is 0.0939. The average molecular weight is 356 g/mol. The lowest BCUT2D eigenvalue weighted by atomic mass is 9.93. The van der Waals surface area contributed by atoms with E-state index >= 15 is 0 Å². The van der Waals surface area contributed by atoms with Gasteiger partial charge in [-0.1, -0.05) is 20.8 Å². The Morgan fingerprint density at radius 3 is 2.39 bits per heavy atom. The highest BCUT2D eigenvalue weighted by molar-refractivity contribution is 7.92. The molecule has 1 aromatic carbocycles. The highest BCUT2D eigenvalue weighted by atomic mass is 32.2. The van der Waals surface area contributed by atoms with E-state index in [9.17, 15) is 17.6 Å². The summed E-state index contributed by atoms with van der Waals surface area (Å²) in [5.74, 6) is -1.93. The molecule has 2 rings (SSSR count). The van der Waals surface area contributed by atoms with Gasteiger partial charge in [0, 0.05) is 10.8 Å². The molecule has 0 bridgehead atoms. The molecular weight excluding hydrogens is 339 g/mol. The van der Waals surface area contributed by atoms with Crippen LogP contribution in [0.25, 0.3) is 0 Å². The molecule has 0 fully saturated rings. The van der Waals surface area contributed by atoms with Gasteiger partial charge in [0.25, 0.3) is 0 Å². The molecule has 124 valence electrons. The SMILES string of the molecule is CC(C)(C)c1csc(NC(=O)CS(=O)(=O)c2ccc(F)cc2)n1. The largest absolute Gasteiger partial charge is 0.301 e. The van der Waals surface area contributed by atoms with Crippen LogP contribution in [0.4, 0.5) is 9.52 Å². The number of sulfone groups is 1. The third-order valence-electron chi connectivity index (χ3n) is 3.01. The number of hydrogen-bond donors (Lipinski definition) is 1. The fraction of sp³-hybridized carbons (Fsp3) is 0.333. The first-order chi connectivity index (χ1) is 10.6. The summed E-state index contributed by atoms with van der Waals surface area (Å²) in [5, 5.41) is 4.67. The fourth-order valence-corrected chi connectivity index (χ4v) is 3.82. The zero-order chi connectivity index (χ0) is 17.3. The van der Waals surface area contributed by atoms with Crippen molar-refractivity contribution in [2.75, 3.05) is 11.1 Å². The Hall–Kier alpha value is -1.80. The van der Waals surface area contributed by atoms with Crippen molar-refractivity contribution in [3.8, 4) is 0 Å². The van der Waals surface area contributed by atoms with Gasteiger partial charge < -0.3 is 5.32 Å². The second-order valence-electron chi connectivity index (χ2n) is 6.05. The number of anilines is 1. The molecule has 0 spiro atoms. The third kappa shape index (κ3) is 4.59. The van der Waals surface area contributed by atoms with E-state index in [-0.39, 0.29) is 10.3 Å². The molecule has 0 unspecified atom stereocenters. The normalized spacial score (nSPS) is 12.2. The van der Waals surface area contributed by atoms with E-state index in [1.165, 1.54) is 11.3 Å². The van der Waals surface area contributed by atoms with Gasteiger partial charge in [0.05, 0.1) is 10.6 Å². The van der Waals surface area contributed by atoms with E-state index in [1.807, 2.05) is 26.2 Å². The first kappa shape index (κ1) is 17.6. The Morgan fingerprint density at radius 2 is 1.87 bits per heavy atom. The number of amides is 1. The second kappa shape index (κ2) is 6.37. The number of nitrogens with zero attached hydrogens (tertiary/aromatic N) is 1. The van der Waals surface area contributed by atoms with Gasteiger partial charge >= 0.3 is 0 Å². The molecule has 0 atom stereocenters. The summed E-state index contributed by atoms with van der Waals surface area (Å²) in [5.41, 5.74) is 0.666. The smallest absolute Gasteiger partial charge is 0.241 e. The zero-order valence-corrected chi connectivity index (χ0v) is 14.6. The van der Waals surface area contributed by atoms with Crippen molar-refractivity contribution >= 4 is 32.2 Å². The van der Waals surface area contributed by atoms with Crippen LogP contribution < -0.4 is 5.32 Å². The van der Waals surface area contributed by atoms with Gasteiger partial charge in [0.15, 0.2) is 15.0 Å². The lowest BCUT2D eigenvalue weighted by Gasteiger charge is -2.14. The maximum absolute atomic E-state index is 12.8. The average Bonchev–Trinajstić information content (AvgIpc) is 2.86. The number of aromatic nitrogens is 1. The highest BCUT2D eigenvalue weighted by Crippen LogP contribution is 2.26. The van der Waals surface area contributed by atoms with Crippen molar-refractivity contribution in [3.63, 3.8) is 0 Å². The van der Waals surface area contributed by atoms with E-state index in [2.05, 4.69) is 10.3 Å². The first-order valence-corrected chi connectivity index (χ1v) is 9.35. The summed E-state index contributed by atoms with van der Waals surface area (Å²) >= 11 is 1.24. The lowest BCUT2D eigenvalue weighted by Crippen LogP contribution is -2.23. The number of hydrogen-bond acceptors (Lipinski definition) is 5. The van der Waals surface area contributed by atoms with E-state index in [0.29, 0.717) is 5.13 Å². The molecule has 0 radical (unpaired) electrons.